The van der Waals surface area contributed by atoms with E-state index in [0.717, 1.165) is 12.0 Å². The van der Waals surface area contributed by atoms with E-state index in [4.69, 9.17) is 0 Å². The van der Waals surface area contributed by atoms with Gasteiger partial charge in [-0.1, -0.05) is 17.0 Å². The van der Waals surface area contributed by atoms with E-state index in [0.29, 0.717) is 5.56 Å². The van der Waals surface area contributed by atoms with Crippen LogP contribution in [0.2, 0.25) is 0 Å². The highest BCUT2D eigenvalue weighted by Gasteiger charge is 2.39. The number of halogens is 1. The zero-order valence-electron chi connectivity index (χ0n) is 13.4. The SMILES string of the molecule is CONS(=O)(=O)c1ccc(C(=O)N[C@@H]2C[C@H]2c2cccc(F)c2)cc1. The average Bonchev–Trinajstić information content (AvgIpc) is 3.34. The molecule has 0 unspecified atom stereocenters. The van der Waals surface area contributed by atoms with E-state index >= 15 is 0 Å². The van der Waals surface area contributed by atoms with Gasteiger partial charge in [-0.05, 0) is 48.4 Å². The van der Waals surface area contributed by atoms with E-state index in [1.807, 2.05) is 11.0 Å². The molecule has 1 aliphatic carbocycles. The molecule has 0 bridgehead atoms. The zero-order chi connectivity index (χ0) is 18.0. The first-order valence-corrected chi connectivity index (χ1v) is 9.10. The van der Waals surface area contributed by atoms with Gasteiger partial charge in [0.1, 0.15) is 5.82 Å². The van der Waals surface area contributed by atoms with E-state index in [2.05, 4.69) is 10.2 Å². The fourth-order valence-corrected chi connectivity index (χ4v) is 3.47. The molecule has 3 rings (SSSR count). The van der Waals surface area contributed by atoms with Crippen molar-refractivity contribution in [2.45, 2.75) is 23.3 Å². The molecule has 0 aliphatic heterocycles. The number of hydrogen-bond acceptors (Lipinski definition) is 4. The number of sulfonamides is 1. The highest BCUT2D eigenvalue weighted by molar-refractivity contribution is 7.89. The molecule has 2 atom stereocenters. The first-order chi connectivity index (χ1) is 11.9. The number of carbonyl (C=O) groups is 1. The van der Waals surface area contributed by atoms with Gasteiger partial charge >= 0.3 is 0 Å². The molecule has 2 N–H and O–H groups in total. The van der Waals surface area contributed by atoms with E-state index in [-0.39, 0.29) is 28.6 Å². The molecule has 25 heavy (non-hydrogen) atoms. The topological polar surface area (TPSA) is 84.5 Å². The lowest BCUT2D eigenvalue weighted by molar-refractivity contribution is 0.0950. The predicted molar refractivity (Wildman–Crippen MR) is 88.8 cm³/mol. The molecule has 1 amide bonds. The third kappa shape index (κ3) is 4.04. The van der Waals surface area contributed by atoms with Gasteiger partial charge in [-0.3, -0.25) is 9.63 Å². The van der Waals surface area contributed by atoms with Gasteiger partial charge in [0.05, 0.1) is 12.0 Å². The van der Waals surface area contributed by atoms with Crippen molar-refractivity contribution in [2.75, 3.05) is 7.11 Å². The second-order valence-electron chi connectivity index (χ2n) is 5.79. The predicted octanol–water partition coefficient (Wildman–Crippen LogP) is 1.95. The highest BCUT2D eigenvalue weighted by Crippen LogP contribution is 2.41. The monoisotopic (exact) mass is 364 g/mol. The molecule has 2 aromatic rings. The second-order valence-corrected chi connectivity index (χ2v) is 7.44. The molecule has 132 valence electrons. The van der Waals surface area contributed by atoms with Crippen molar-refractivity contribution in [1.29, 1.82) is 0 Å². The third-order valence-electron chi connectivity index (χ3n) is 4.00. The van der Waals surface area contributed by atoms with E-state index in [1.54, 1.807) is 6.07 Å². The lowest BCUT2D eigenvalue weighted by Gasteiger charge is -2.07. The van der Waals surface area contributed by atoms with Crippen LogP contribution in [0.4, 0.5) is 4.39 Å². The molecule has 1 fully saturated rings. The summed E-state index contributed by atoms with van der Waals surface area (Å²) in [7, 11) is -2.55. The van der Waals surface area contributed by atoms with E-state index in [9.17, 15) is 17.6 Å². The van der Waals surface area contributed by atoms with Crippen LogP contribution in [0, 0.1) is 5.82 Å². The molecular formula is C17H17FN2O4S. The van der Waals surface area contributed by atoms with Gasteiger partial charge in [0.15, 0.2) is 0 Å². The molecule has 0 heterocycles. The van der Waals surface area contributed by atoms with E-state index < -0.39 is 10.0 Å². The van der Waals surface area contributed by atoms with Crippen molar-refractivity contribution in [3.8, 4) is 0 Å². The summed E-state index contributed by atoms with van der Waals surface area (Å²) in [5.41, 5.74) is 1.21. The molecule has 2 aromatic carbocycles. The molecule has 0 aromatic heterocycles. The summed E-state index contributed by atoms with van der Waals surface area (Å²) in [4.78, 5) is 18.6. The van der Waals surface area contributed by atoms with Crippen molar-refractivity contribution in [1.82, 2.24) is 10.2 Å². The third-order valence-corrected chi connectivity index (χ3v) is 5.28. The van der Waals surface area contributed by atoms with Crippen LogP contribution in [-0.4, -0.2) is 27.5 Å². The van der Waals surface area contributed by atoms with Crippen LogP contribution in [0.5, 0.6) is 0 Å². The lowest BCUT2D eigenvalue weighted by Crippen LogP contribution is -2.27. The number of benzene rings is 2. The van der Waals surface area contributed by atoms with Crippen LogP contribution in [0.3, 0.4) is 0 Å². The minimum absolute atomic E-state index is 0.00467. The minimum Gasteiger partial charge on any atom is -0.349 e. The summed E-state index contributed by atoms with van der Waals surface area (Å²) in [6, 6.07) is 11.8. The highest BCUT2D eigenvalue weighted by atomic mass is 32.2. The number of nitrogens with one attached hydrogen (secondary N) is 2. The summed E-state index contributed by atoms with van der Waals surface area (Å²) >= 11 is 0. The van der Waals surface area contributed by atoms with Gasteiger partial charge < -0.3 is 5.32 Å². The first-order valence-electron chi connectivity index (χ1n) is 7.62. The van der Waals surface area contributed by atoms with Gasteiger partial charge in [0.2, 0.25) is 0 Å². The molecule has 8 heteroatoms. The van der Waals surface area contributed by atoms with Crippen molar-refractivity contribution in [3.05, 3.63) is 65.5 Å². The van der Waals surface area contributed by atoms with Crippen LogP contribution >= 0.6 is 0 Å². The second kappa shape index (κ2) is 6.91. The number of amides is 1. The smallest absolute Gasteiger partial charge is 0.262 e. The van der Waals surface area contributed by atoms with Crippen molar-refractivity contribution in [3.63, 3.8) is 0 Å². The Morgan fingerprint density at radius 3 is 2.56 bits per heavy atom. The Morgan fingerprint density at radius 1 is 1.20 bits per heavy atom. The number of rotatable bonds is 6. The Hall–Kier alpha value is -2.29. The Labute approximate surface area is 145 Å². The van der Waals surface area contributed by atoms with Crippen molar-refractivity contribution < 1.29 is 22.4 Å². The minimum atomic E-state index is -3.75. The Balaban J connectivity index is 1.63. The Kier molecular flexibility index (Phi) is 4.85. The number of carbonyl (C=O) groups excluding carboxylic acids is 1. The van der Waals surface area contributed by atoms with Crippen LogP contribution in [0.1, 0.15) is 28.3 Å². The summed E-state index contributed by atoms with van der Waals surface area (Å²) < 4.78 is 36.8. The molecule has 0 spiro atoms. The summed E-state index contributed by atoms with van der Waals surface area (Å²) in [6.07, 6.45) is 0.749. The standard InChI is InChI=1S/C17H17FN2O4S/c1-24-20-25(22,23)14-7-5-11(6-8-14)17(21)19-16-10-15(16)12-3-2-4-13(18)9-12/h2-9,15-16,20H,10H2,1H3,(H,19,21)/t15-,16+/m0/s1. The maximum Gasteiger partial charge on any atom is 0.262 e. The molecule has 1 saturated carbocycles. The van der Waals surface area contributed by atoms with Crippen LogP contribution < -0.4 is 10.2 Å². The van der Waals surface area contributed by atoms with Gasteiger partial charge in [-0.15, -0.1) is 0 Å². The van der Waals surface area contributed by atoms with Crippen LogP contribution in [0.25, 0.3) is 0 Å². The fraction of sp³-hybridized carbons (Fsp3) is 0.235. The lowest BCUT2D eigenvalue weighted by atomic mass is 10.1. The molecule has 6 nitrogen and oxygen atoms in total. The van der Waals surface area contributed by atoms with E-state index in [1.165, 1.54) is 43.5 Å². The largest absolute Gasteiger partial charge is 0.349 e. The van der Waals surface area contributed by atoms with Crippen LogP contribution in [-0.2, 0) is 14.9 Å². The van der Waals surface area contributed by atoms with Gasteiger partial charge in [-0.25, -0.2) is 12.8 Å². The molecule has 0 saturated heterocycles. The average molecular weight is 364 g/mol. The maximum atomic E-state index is 13.2. The Morgan fingerprint density at radius 2 is 1.92 bits per heavy atom. The van der Waals surface area contributed by atoms with Gasteiger partial charge in [0, 0.05) is 17.5 Å². The zero-order valence-corrected chi connectivity index (χ0v) is 14.2. The summed E-state index contributed by atoms with van der Waals surface area (Å²) in [5.74, 6) is -0.492. The molecule has 0 radical (unpaired) electrons. The molecule has 1 aliphatic rings. The number of hydrogen-bond donors (Lipinski definition) is 2. The Bertz CT molecular complexity index is 884. The fourth-order valence-electron chi connectivity index (χ4n) is 2.66. The van der Waals surface area contributed by atoms with Crippen LogP contribution in [0.15, 0.2) is 53.4 Å². The summed E-state index contributed by atoms with van der Waals surface area (Å²) in [6.45, 7) is 0. The normalized spacial score (nSPS) is 19.4. The summed E-state index contributed by atoms with van der Waals surface area (Å²) in [5, 5.41) is 2.87. The first kappa shape index (κ1) is 17.5. The van der Waals surface area contributed by atoms with Gasteiger partial charge in [-0.2, -0.15) is 0 Å². The molecular weight excluding hydrogens is 347 g/mol. The van der Waals surface area contributed by atoms with Crippen molar-refractivity contribution in [2.24, 2.45) is 0 Å². The van der Waals surface area contributed by atoms with Crippen molar-refractivity contribution >= 4 is 15.9 Å². The van der Waals surface area contributed by atoms with Gasteiger partial charge in [0.25, 0.3) is 15.9 Å². The maximum absolute atomic E-state index is 13.2. The quantitative estimate of drug-likeness (QED) is 0.768.